The van der Waals surface area contributed by atoms with Crippen molar-refractivity contribution < 1.29 is 9.90 Å². The third-order valence-electron chi connectivity index (χ3n) is 5.04. The summed E-state index contributed by atoms with van der Waals surface area (Å²) in [5, 5.41) is 10.4. The molecule has 4 nitrogen and oxygen atoms in total. The Morgan fingerprint density at radius 2 is 2.21 bits per heavy atom. The molecular weight excluding hydrogens is 427 g/mol. The van der Waals surface area contributed by atoms with E-state index in [-0.39, 0.29) is 23.6 Å². The van der Waals surface area contributed by atoms with E-state index < -0.39 is 5.97 Å². The number of fused-ring (bicyclic) bond motifs is 3. The first-order chi connectivity index (χ1) is 13.8. The van der Waals surface area contributed by atoms with E-state index in [0.29, 0.717) is 5.88 Å². The molecule has 3 heterocycles. The summed E-state index contributed by atoms with van der Waals surface area (Å²) in [6.07, 6.45) is 8.71. The first-order valence-corrected chi connectivity index (χ1v) is 11.6. The fourth-order valence-corrected chi connectivity index (χ4v) is 5.62. The number of rotatable bonds is 8. The molecule has 0 saturated heterocycles. The molecule has 0 aromatic carbocycles. The number of carboxylic acids is 1. The molecule has 0 saturated carbocycles. The molecule has 0 aliphatic carbocycles. The van der Waals surface area contributed by atoms with Gasteiger partial charge >= 0.3 is 5.97 Å². The van der Waals surface area contributed by atoms with E-state index in [2.05, 4.69) is 23.4 Å². The van der Waals surface area contributed by atoms with Gasteiger partial charge in [-0.3, -0.25) is 9.78 Å². The second-order valence-corrected chi connectivity index (χ2v) is 9.68. The minimum Gasteiger partial charge on any atom is -0.481 e. The first-order valence-electron chi connectivity index (χ1n) is 9.82. The zero-order valence-electron chi connectivity index (χ0n) is 16.9. The highest BCUT2D eigenvalue weighted by molar-refractivity contribution is 8.03. The van der Waals surface area contributed by atoms with Crippen LogP contribution in [0.25, 0.3) is 10.9 Å². The number of halogens is 2. The number of thioether (sulfide) groups is 1. The second kappa shape index (κ2) is 9.59. The van der Waals surface area contributed by atoms with E-state index in [0.717, 1.165) is 45.1 Å². The molecule has 0 bridgehead atoms. The summed E-state index contributed by atoms with van der Waals surface area (Å²) >= 11 is 13.8. The molecule has 2 aromatic heterocycles. The molecule has 0 amide bonds. The van der Waals surface area contributed by atoms with Crippen LogP contribution in [0, 0.1) is 0 Å². The van der Waals surface area contributed by atoms with E-state index in [1.54, 1.807) is 11.8 Å². The van der Waals surface area contributed by atoms with Crippen molar-refractivity contribution in [2.24, 2.45) is 0 Å². The molecule has 0 fully saturated rings. The Labute approximate surface area is 186 Å². The summed E-state index contributed by atoms with van der Waals surface area (Å²) in [7, 11) is 0. The van der Waals surface area contributed by atoms with Gasteiger partial charge < -0.3 is 9.67 Å². The van der Waals surface area contributed by atoms with Gasteiger partial charge in [0.1, 0.15) is 0 Å². The van der Waals surface area contributed by atoms with Gasteiger partial charge in [-0.25, -0.2) is 0 Å². The van der Waals surface area contributed by atoms with Gasteiger partial charge in [0.15, 0.2) is 0 Å². The van der Waals surface area contributed by atoms with E-state index >= 15 is 0 Å². The Hall–Kier alpha value is -1.43. The van der Waals surface area contributed by atoms with Gasteiger partial charge in [-0.05, 0) is 25.3 Å². The van der Waals surface area contributed by atoms with E-state index in [9.17, 15) is 9.90 Å². The van der Waals surface area contributed by atoms with Crippen LogP contribution >= 0.6 is 35.0 Å². The van der Waals surface area contributed by atoms with Crippen LogP contribution in [0.1, 0.15) is 56.8 Å². The highest BCUT2D eigenvalue weighted by atomic mass is 35.5. The smallest absolute Gasteiger partial charge is 0.304 e. The first kappa shape index (κ1) is 22.3. The summed E-state index contributed by atoms with van der Waals surface area (Å²) in [5.74, 6) is -0.0890. The van der Waals surface area contributed by atoms with Crippen LogP contribution in [0.2, 0.25) is 0 Å². The largest absolute Gasteiger partial charge is 0.481 e. The predicted octanol–water partition coefficient (Wildman–Crippen LogP) is 6.52. The molecule has 29 heavy (non-hydrogen) atoms. The van der Waals surface area contributed by atoms with Gasteiger partial charge in [-0.1, -0.05) is 43.8 Å². The Balaban J connectivity index is 2.22. The maximum atomic E-state index is 11.5. The van der Waals surface area contributed by atoms with Crippen molar-refractivity contribution in [1.29, 1.82) is 0 Å². The lowest BCUT2D eigenvalue weighted by Gasteiger charge is -2.13. The molecular formula is C22H26Cl2N2O2S. The van der Waals surface area contributed by atoms with Crippen molar-refractivity contribution in [1.82, 2.24) is 9.55 Å². The summed E-state index contributed by atoms with van der Waals surface area (Å²) in [6, 6.07) is 2.04. The highest BCUT2D eigenvalue weighted by Gasteiger charge is 2.33. The van der Waals surface area contributed by atoms with Crippen LogP contribution in [0.5, 0.6) is 0 Å². The molecule has 3 rings (SSSR count). The number of aromatic nitrogens is 2. The van der Waals surface area contributed by atoms with Crippen molar-refractivity contribution in [3.8, 4) is 0 Å². The molecule has 0 spiro atoms. The van der Waals surface area contributed by atoms with Crippen LogP contribution in [-0.4, -0.2) is 31.9 Å². The number of carboxylic acid groups (broad SMARTS) is 1. The minimum atomic E-state index is -0.765. The Kier molecular flexibility index (Phi) is 7.36. The lowest BCUT2D eigenvalue weighted by molar-refractivity contribution is -0.137. The van der Waals surface area contributed by atoms with Crippen molar-refractivity contribution in [2.75, 3.05) is 5.88 Å². The fraction of sp³-hybridized carbons (Fsp3) is 0.455. The molecule has 2 unspecified atom stereocenters. The van der Waals surface area contributed by atoms with E-state index in [1.165, 1.54) is 0 Å². The predicted molar refractivity (Wildman–Crippen MR) is 123 cm³/mol. The van der Waals surface area contributed by atoms with Gasteiger partial charge in [0.25, 0.3) is 0 Å². The average molecular weight is 453 g/mol. The third kappa shape index (κ3) is 4.84. The summed E-state index contributed by atoms with van der Waals surface area (Å²) in [4.78, 5) is 18.3. The number of carbonyl (C=O) groups is 1. The molecule has 7 heteroatoms. The number of pyridine rings is 1. The van der Waals surface area contributed by atoms with Gasteiger partial charge in [-0.15, -0.1) is 23.2 Å². The Morgan fingerprint density at radius 3 is 2.83 bits per heavy atom. The van der Waals surface area contributed by atoms with Crippen molar-refractivity contribution >= 4 is 51.8 Å². The molecule has 156 valence electrons. The topological polar surface area (TPSA) is 55.1 Å². The summed E-state index contributed by atoms with van der Waals surface area (Å²) in [6.45, 7) is 7.03. The van der Waals surface area contributed by atoms with E-state index in [1.807, 2.05) is 37.4 Å². The maximum Gasteiger partial charge on any atom is 0.304 e. The Morgan fingerprint density at radius 1 is 1.45 bits per heavy atom. The van der Waals surface area contributed by atoms with Crippen LogP contribution in [0.4, 0.5) is 0 Å². The third-order valence-corrected chi connectivity index (χ3v) is 6.47. The van der Waals surface area contributed by atoms with Crippen molar-refractivity contribution in [2.45, 2.75) is 62.3 Å². The monoisotopic (exact) mass is 452 g/mol. The summed E-state index contributed by atoms with van der Waals surface area (Å²) in [5.41, 5.74) is 3.28. The maximum absolute atomic E-state index is 11.5. The average Bonchev–Trinajstić information content (AvgIpc) is 3.18. The molecule has 2 atom stereocenters. The molecule has 1 aliphatic heterocycles. The van der Waals surface area contributed by atoms with Crippen LogP contribution in [0.3, 0.4) is 0 Å². The van der Waals surface area contributed by atoms with Crippen LogP contribution in [-0.2, 0) is 11.3 Å². The number of allylic oxidation sites excluding steroid dienone is 3. The highest BCUT2D eigenvalue weighted by Crippen LogP contribution is 2.48. The summed E-state index contributed by atoms with van der Waals surface area (Å²) < 4.78 is 2.28. The molecule has 1 aliphatic rings. The van der Waals surface area contributed by atoms with Gasteiger partial charge in [0.05, 0.1) is 23.0 Å². The molecule has 0 radical (unpaired) electrons. The number of hydrogen-bond acceptors (Lipinski definition) is 3. The van der Waals surface area contributed by atoms with Gasteiger partial charge in [0.2, 0.25) is 0 Å². The zero-order chi connectivity index (χ0) is 21.1. The second-order valence-electron chi connectivity index (χ2n) is 7.60. The number of alkyl halides is 2. The minimum absolute atomic E-state index is 0.00547. The lowest BCUT2D eigenvalue weighted by atomic mass is 9.99. The lowest BCUT2D eigenvalue weighted by Crippen LogP contribution is -2.04. The van der Waals surface area contributed by atoms with Gasteiger partial charge in [-0.2, -0.15) is 0 Å². The molecule has 1 N–H and O–H groups in total. The quantitative estimate of drug-likeness (QED) is 0.281. The van der Waals surface area contributed by atoms with Crippen molar-refractivity contribution in [3.63, 3.8) is 0 Å². The number of hydrogen-bond donors (Lipinski definition) is 1. The SMILES string of the molecule is CC(Cl)/C=C(\C=C/CCl)Sc1c2n(c3ccnc(C(C)C)c13)CCC2CC(=O)O. The van der Waals surface area contributed by atoms with Gasteiger partial charge in [0, 0.05) is 45.4 Å². The number of aliphatic carboxylic acids is 1. The van der Waals surface area contributed by atoms with Crippen LogP contribution in [0.15, 0.2) is 40.3 Å². The van der Waals surface area contributed by atoms with Crippen molar-refractivity contribution in [3.05, 3.63) is 46.8 Å². The fourth-order valence-electron chi connectivity index (χ4n) is 3.95. The number of nitrogens with zero attached hydrogens (tertiary/aromatic N) is 2. The number of aryl methyl sites for hydroxylation is 1. The standard InChI is InChI=1S/C22H26Cl2N2O2S/c1-13(2)20-19-17(6-9-25-20)26-10-7-15(12-18(27)28)21(26)22(19)29-16(5-4-8-23)11-14(3)24/h4-6,9,11,13-15H,7-8,10,12H2,1-3H3,(H,27,28)/b5-4-,16-11+. The Bertz CT molecular complexity index is 963. The zero-order valence-corrected chi connectivity index (χ0v) is 19.2. The van der Waals surface area contributed by atoms with E-state index in [4.69, 9.17) is 23.2 Å². The normalized spacial score (nSPS) is 18.1. The molecule has 2 aromatic rings. The van der Waals surface area contributed by atoms with Crippen LogP contribution < -0.4 is 0 Å².